The number of carboxylic acids is 1. The first-order valence-electron chi connectivity index (χ1n) is 6.65. The number of likely N-dealkylation sites (tertiary alicyclic amines) is 1. The van der Waals surface area contributed by atoms with Crippen LogP contribution in [0.25, 0.3) is 0 Å². The second-order valence-corrected chi connectivity index (χ2v) is 5.64. The highest BCUT2D eigenvalue weighted by Gasteiger charge is 2.46. The number of carboxylic acid groups (broad SMARTS) is 1. The zero-order valence-electron chi connectivity index (χ0n) is 11.2. The van der Waals surface area contributed by atoms with Gasteiger partial charge in [-0.3, -0.25) is 4.79 Å². The van der Waals surface area contributed by atoms with Crippen molar-refractivity contribution in [2.24, 2.45) is 0 Å². The van der Waals surface area contributed by atoms with Gasteiger partial charge in [0.05, 0.1) is 26.7 Å². The van der Waals surface area contributed by atoms with E-state index in [1.54, 1.807) is 0 Å². The minimum Gasteiger partial charge on any atom is -0.481 e. The first-order valence-corrected chi connectivity index (χ1v) is 6.65. The summed E-state index contributed by atoms with van der Waals surface area (Å²) in [5.74, 6) is -0.670. The quantitative estimate of drug-likeness (QED) is 0.833. The van der Waals surface area contributed by atoms with E-state index >= 15 is 0 Å². The second kappa shape index (κ2) is 4.73. The van der Waals surface area contributed by atoms with Crippen molar-refractivity contribution < 1.29 is 14.4 Å². The van der Waals surface area contributed by atoms with Crippen LogP contribution in [-0.2, 0) is 10.2 Å². The van der Waals surface area contributed by atoms with E-state index in [0.29, 0.717) is 0 Å². The number of hydrogen-bond acceptors (Lipinski definition) is 1. The molecular weight excluding hydrogens is 226 g/mol. The predicted molar refractivity (Wildman–Crippen MR) is 71.4 cm³/mol. The van der Waals surface area contributed by atoms with Crippen LogP contribution in [0.4, 0.5) is 0 Å². The molecule has 0 radical (unpaired) electrons. The van der Waals surface area contributed by atoms with E-state index in [9.17, 15) is 9.90 Å². The Balaban J connectivity index is 2.30. The van der Waals surface area contributed by atoms with E-state index in [2.05, 4.69) is 14.0 Å². The van der Waals surface area contributed by atoms with E-state index < -0.39 is 11.4 Å². The second-order valence-electron chi connectivity index (χ2n) is 5.64. The molecular formula is C15H22NO2+. The highest BCUT2D eigenvalue weighted by atomic mass is 16.4. The van der Waals surface area contributed by atoms with Crippen molar-refractivity contribution in [2.75, 3.05) is 26.7 Å². The molecule has 0 saturated carbocycles. The summed E-state index contributed by atoms with van der Waals surface area (Å²) in [6.45, 7) is 5.14. The molecule has 0 aromatic heterocycles. The number of benzene rings is 1. The molecule has 1 heterocycles. The van der Waals surface area contributed by atoms with Gasteiger partial charge in [-0.05, 0) is 12.5 Å². The Hall–Kier alpha value is -1.35. The molecule has 1 saturated heterocycles. The zero-order valence-corrected chi connectivity index (χ0v) is 11.2. The number of quaternary nitrogens is 1. The molecule has 0 aliphatic carbocycles. The Morgan fingerprint density at radius 1 is 1.28 bits per heavy atom. The fourth-order valence-electron chi connectivity index (χ4n) is 2.86. The van der Waals surface area contributed by atoms with Crippen molar-refractivity contribution in [1.82, 2.24) is 0 Å². The summed E-state index contributed by atoms with van der Waals surface area (Å²) in [6.07, 6.45) is 1.47. The van der Waals surface area contributed by atoms with Crippen molar-refractivity contribution in [3.05, 3.63) is 35.9 Å². The van der Waals surface area contributed by atoms with Gasteiger partial charge in [-0.15, -0.1) is 0 Å². The van der Waals surface area contributed by atoms with Crippen LogP contribution in [0.2, 0.25) is 0 Å². The molecule has 3 nitrogen and oxygen atoms in total. The fourth-order valence-corrected chi connectivity index (χ4v) is 2.86. The van der Waals surface area contributed by atoms with Crippen molar-refractivity contribution >= 4 is 5.97 Å². The van der Waals surface area contributed by atoms with Gasteiger partial charge in [-0.1, -0.05) is 30.3 Å². The summed E-state index contributed by atoms with van der Waals surface area (Å²) < 4.78 is 0.988. The molecule has 0 atom stereocenters. The van der Waals surface area contributed by atoms with Crippen LogP contribution in [0.5, 0.6) is 0 Å². The highest BCUT2D eigenvalue weighted by molar-refractivity contribution is 5.81. The van der Waals surface area contributed by atoms with Crippen molar-refractivity contribution in [3.8, 4) is 0 Å². The number of aliphatic carboxylic acids is 1. The molecule has 1 aliphatic rings. The summed E-state index contributed by atoms with van der Waals surface area (Å²) in [5, 5.41) is 9.68. The molecule has 98 valence electrons. The van der Waals surface area contributed by atoms with Crippen molar-refractivity contribution in [3.63, 3.8) is 0 Å². The maximum atomic E-state index is 11.8. The summed E-state index contributed by atoms with van der Waals surface area (Å²) in [7, 11) is 2.22. The smallest absolute Gasteiger partial charge is 0.314 e. The Morgan fingerprint density at radius 2 is 1.83 bits per heavy atom. The van der Waals surface area contributed by atoms with E-state index in [-0.39, 0.29) is 0 Å². The van der Waals surface area contributed by atoms with Crippen LogP contribution in [0.3, 0.4) is 0 Å². The zero-order chi connectivity index (χ0) is 13.2. The molecule has 1 aromatic rings. The summed E-state index contributed by atoms with van der Waals surface area (Å²) in [6, 6.07) is 9.71. The minimum atomic E-state index is -0.672. The fraction of sp³-hybridized carbons (Fsp3) is 0.533. The van der Waals surface area contributed by atoms with Gasteiger partial charge in [-0.25, -0.2) is 0 Å². The maximum Gasteiger partial charge on any atom is 0.314 e. The largest absolute Gasteiger partial charge is 0.481 e. The monoisotopic (exact) mass is 248 g/mol. The first kappa shape index (κ1) is 13.1. The molecule has 1 N–H and O–H groups in total. The topological polar surface area (TPSA) is 37.3 Å². The van der Waals surface area contributed by atoms with Gasteiger partial charge in [-0.2, -0.15) is 0 Å². The van der Waals surface area contributed by atoms with Gasteiger partial charge in [0, 0.05) is 12.8 Å². The molecule has 0 bridgehead atoms. The van der Waals surface area contributed by atoms with Crippen LogP contribution < -0.4 is 0 Å². The summed E-state index contributed by atoms with van der Waals surface area (Å²) in [4.78, 5) is 11.8. The van der Waals surface area contributed by atoms with Crippen molar-refractivity contribution in [1.29, 1.82) is 0 Å². The molecule has 1 aliphatic heterocycles. The predicted octanol–water partition coefficient (Wildman–Crippen LogP) is 2.27. The lowest BCUT2D eigenvalue weighted by Crippen LogP contribution is -2.56. The molecule has 1 aromatic carbocycles. The number of carbonyl (C=O) groups is 1. The van der Waals surface area contributed by atoms with Gasteiger partial charge in [0.15, 0.2) is 0 Å². The molecule has 3 heteroatoms. The number of rotatable bonds is 3. The maximum absolute atomic E-state index is 11.8. The molecule has 0 amide bonds. The van der Waals surface area contributed by atoms with E-state index in [1.165, 1.54) is 0 Å². The van der Waals surface area contributed by atoms with Gasteiger partial charge in [0.1, 0.15) is 5.41 Å². The van der Waals surface area contributed by atoms with Crippen LogP contribution in [0, 0.1) is 0 Å². The van der Waals surface area contributed by atoms with E-state index in [0.717, 1.165) is 42.5 Å². The van der Waals surface area contributed by atoms with Gasteiger partial charge < -0.3 is 9.59 Å². The average molecular weight is 248 g/mol. The number of nitrogens with zero attached hydrogens (tertiary/aromatic N) is 1. The number of hydrogen-bond donors (Lipinski definition) is 1. The average Bonchev–Trinajstić information content (AvgIpc) is 2.40. The molecule has 18 heavy (non-hydrogen) atoms. The Bertz CT molecular complexity index is 419. The third-order valence-electron chi connectivity index (χ3n) is 4.66. The van der Waals surface area contributed by atoms with E-state index in [1.807, 2.05) is 30.3 Å². The number of piperidine rings is 1. The Kier molecular flexibility index (Phi) is 3.44. The summed E-state index contributed by atoms with van der Waals surface area (Å²) in [5.41, 5.74) is 0.286. The Morgan fingerprint density at radius 3 is 2.28 bits per heavy atom. The van der Waals surface area contributed by atoms with Gasteiger partial charge in [0.25, 0.3) is 0 Å². The van der Waals surface area contributed by atoms with Crippen molar-refractivity contribution in [2.45, 2.75) is 25.2 Å². The van der Waals surface area contributed by atoms with Crippen LogP contribution >= 0.6 is 0 Å². The molecule has 0 unspecified atom stereocenters. The normalized spacial score (nSPS) is 32.1. The Labute approximate surface area is 109 Å². The molecule has 0 spiro atoms. The van der Waals surface area contributed by atoms with Crippen LogP contribution in [0.15, 0.2) is 30.3 Å². The lowest BCUT2D eigenvalue weighted by molar-refractivity contribution is -0.913. The summed E-state index contributed by atoms with van der Waals surface area (Å²) >= 11 is 0. The third kappa shape index (κ3) is 2.15. The lowest BCUT2D eigenvalue weighted by atomic mass is 9.72. The lowest BCUT2D eigenvalue weighted by Gasteiger charge is -2.44. The highest BCUT2D eigenvalue weighted by Crippen LogP contribution is 2.37. The molecule has 1 fully saturated rings. The minimum absolute atomic E-state index is 0.670. The van der Waals surface area contributed by atoms with Gasteiger partial charge in [0.2, 0.25) is 0 Å². The van der Waals surface area contributed by atoms with E-state index in [4.69, 9.17) is 0 Å². The standard InChI is InChI=1S/C15H21NO2/c1-3-16(2)11-9-15(10-12-16,14(17)18)13-7-5-4-6-8-13/h4-8H,3,9-12H2,1-2H3/p+1. The molecule has 2 rings (SSSR count). The van der Waals surface area contributed by atoms with Gasteiger partial charge >= 0.3 is 5.97 Å². The first-order chi connectivity index (χ1) is 8.52. The SMILES string of the molecule is CC[N+]1(C)CCC(C(=O)O)(c2ccccc2)CC1. The third-order valence-corrected chi connectivity index (χ3v) is 4.66. The van der Waals surface area contributed by atoms with Crippen LogP contribution in [0.1, 0.15) is 25.3 Å². The van der Waals surface area contributed by atoms with Crippen LogP contribution in [-0.4, -0.2) is 42.2 Å².